The number of carbonyl (C=O) groups is 1. The van der Waals surface area contributed by atoms with Crippen LogP contribution in [0.15, 0.2) is 24.4 Å². The van der Waals surface area contributed by atoms with Gasteiger partial charge in [-0.3, -0.25) is 19.3 Å². The van der Waals surface area contributed by atoms with Gasteiger partial charge in [0.2, 0.25) is 0 Å². The summed E-state index contributed by atoms with van der Waals surface area (Å²) in [4.78, 5) is 22.1. The first-order chi connectivity index (χ1) is 14.1. The lowest BCUT2D eigenvalue weighted by Gasteiger charge is -2.29. The van der Waals surface area contributed by atoms with Crippen LogP contribution in [0.2, 0.25) is 0 Å². The van der Waals surface area contributed by atoms with Crippen molar-refractivity contribution in [2.45, 2.75) is 6.92 Å². The van der Waals surface area contributed by atoms with Crippen LogP contribution in [-0.4, -0.2) is 72.1 Å². The number of hydrogen-bond acceptors (Lipinski definition) is 7. The van der Waals surface area contributed by atoms with Gasteiger partial charge in [-0.1, -0.05) is 17.4 Å². The van der Waals surface area contributed by atoms with E-state index in [-0.39, 0.29) is 18.3 Å². The Balaban J connectivity index is 0.00000256. The van der Waals surface area contributed by atoms with Crippen LogP contribution in [0, 0.1) is 6.92 Å². The molecule has 0 aliphatic carbocycles. The molecule has 1 aliphatic heterocycles. The van der Waals surface area contributed by atoms with Gasteiger partial charge >= 0.3 is 0 Å². The van der Waals surface area contributed by atoms with Crippen molar-refractivity contribution in [1.29, 1.82) is 0 Å². The molecule has 0 atom stereocenters. The maximum atomic E-state index is 13.3. The molecule has 1 aliphatic rings. The van der Waals surface area contributed by atoms with Crippen LogP contribution in [0.5, 0.6) is 5.75 Å². The molecule has 3 aromatic rings. The van der Waals surface area contributed by atoms with Gasteiger partial charge in [-0.05, 0) is 24.6 Å². The summed E-state index contributed by atoms with van der Waals surface area (Å²) in [6.07, 6.45) is 1.78. The number of benzene rings is 1. The number of nitrogens with zero attached hydrogens (tertiary/aromatic N) is 5. The van der Waals surface area contributed by atoms with Crippen molar-refractivity contribution in [3.63, 3.8) is 0 Å². The molecule has 1 aromatic carbocycles. The first-order valence-electron chi connectivity index (χ1n) is 9.62. The van der Waals surface area contributed by atoms with E-state index in [0.717, 1.165) is 48.6 Å². The van der Waals surface area contributed by atoms with E-state index in [2.05, 4.69) is 10.00 Å². The quantitative estimate of drug-likeness (QED) is 0.573. The third-order valence-electron chi connectivity index (χ3n) is 5.06. The highest BCUT2D eigenvalue weighted by Gasteiger charge is 2.25. The highest BCUT2D eigenvalue weighted by Crippen LogP contribution is 2.36. The first-order valence-corrected chi connectivity index (χ1v) is 10.4. The predicted molar refractivity (Wildman–Crippen MR) is 120 cm³/mol. The highest BCUT2D eigenvalue weighted by molar-refractivity contribution is 7.22. The molecule has 0 unspecified atom stereocenters. The van der Waals surface area contributed by atoms with E-state index >= 15 is 0 Å². The molecule has 0 bridgehead atoms. The van der Waals surface area contributed by atoms with Gasteiger partial charge in [0.05, 0.1) is 25.0 Å². The number of thiazole rings is 1. The Bertz CT molecular complexity index is 1020. The Hall–Kier alpha value is -2.20. The number of rotatable bonds is 6. The van der Waals surface area contributed by atoms with Gasteiger partial charge in [-0.15, -0.1) is 12.4 Å². The molecular formula is C20H26ClN5O3S. The number of halogens is 1. The van der Waals surface area contributed by atoms with Crippen LogP contribution in [0.4, 0.5) is 5.13 Å². The Morgan fingerprint density at radius 2 is 2.07 bits per heavy atom. The van der Waals surface area contributed by atoms with E-state index in [1.165, 1.54) is 11.3 Å². The molecule has 0 spiro atoms. The molecule has 0 saturated carbocycles. The molecule has 1 fully saturated rings. The summed E-state index contributed by atoms with van der Waals surface area (Å²) in [6, 6.07) is 5.67. The van der Waals surface area contributed by atoms with Crippen LogP contribution in [0.1, 0.15) is 16.1 Å². The topological polar surface area (TPSA) is 72.7 Å². The van der Waals surface area contributed by atoms with Crippen LogP contribution in [0.3, 0.4) is 0 Å². The summed E-state index contributed by atoms with van der Waals surface area (Å²) in [5.74, 6) is 0.570. The average Bonchev–Trinajstić information content (AvgIpc) is 3.36. The summed E-state index contributed by atoms with van der Waals surface area (Å²) < 4.78 is 13.6. The standard InChI is InChI=1S/C20H25N5O3S.ClH/c1-14-4-5-16(27-3)17-18(14)29-20(21-17)25(9-8-24-10-12-28-13-11-24)19(26)15-6-7-23(2)22-15;/h4-7H,8-13H2,1-3H3;1H. The maximum Gasteiger partial charge on any atom is 0.280 e. The van der Waals surface area contributed by atoms with Crippen molar-refractivity contribution in [2.24, 2.45) is 7.05 Å². The Morgan fingerprint density at radius 3 is 2.73 bits per heavy atom. The second kappa shape index (κ2) is 9.74. The zero-order valence-corrected chi connectivity index (χ0v) is 19.0. The fourth-order valence-corrected chi connectivity index (χ4v) is 4.47. The van der Waals surface area contributed by atoms with Crippen LogP contribution < -0.4 is 9.64 Å². The molecule has 0 N–H and O–H groups in total. The van der Waals surface area contributed by atoms with E-state index in [4.69, 9.17) is 14.5 Å². The van der Waals surface area contributed by atoms with E-state index in [0.29, 0.717) is 23.1 Å². The van der Waals surface area contributed by atoms with Gasteiger partial charge in [0, 0.05) is 39.4 Å². The number of amides is 1. The molecular weight excluding hydrogens is 426 g/mol. The normalized spacial score (nSPS) is 14.5. The van der Waals surface area contributed by atoms with Crippen molar-refractivity contribution in [1.82, 2.24) is 19.7 Å². The summed E-state index contributed by atoms with van der Waals surface area (Å²) in [6.45, 7) is 6.54. The number of morpholine rings is 1. The summed E-state index contributed by atoms with van der Waals surface area (Å²) in [5, 5.41) is 4.96. The molecule has 3 heterocycles. The lowest BCUT2D eigenvalue weighted by Crippen LogP contribution is -2.43. The van der Waals surface area contributed by atoms with Gasteiger partial charge in [0.25, 0.3) is 5.91 Å². The van der Waals surface area contributed by atoms with Crippen molar-refractivity contribution >= 4 is 45.0 Å². The molecule has 1 amide bonds. The van der Waals surface area contributed by atoms with Gasteiger partial charge in [0.1, 0.15) is 11.3 Å². The minimum absolute atomic E-state index is 0. The zero-order chi connectivity index (χ0) is 20.4. The number of ether oxygens (including phenoxy) is 2. The number of aromatic nitrogens is 3. The third kappa shape index (κ3) is 4.59. The summed E-state index contributed by atoms with van der Waals surface area (Å²) in [5.41, 5.74) is 2.32. The van der Waals surface area contributed by atoms with Crippen LogP contribution in [-0.2, 0) is 11.8 Å². The molecule has 162 valence electrons. The van der Waals surface area contributed by atoms with Crippen molar-refractivity contribution < 1.29 is 14.3 Å². The molecule has 4 rings (SSSR count). The number of aryl methyl sites for hydroxylation is 2. The number of carbonyl (C=O) groups excluding carboxylic acids is 1. The van der Waals surface area contributed by atoms with E-state index < -0.39 is 0 Å². The number of methoxy groups -OCH3 is 1. The van der Waals surface area contributed by atoms with Crippen LogP contribution >= 0.6 is 23.7 Å². The lowest BCUT2D eigenvalue weighted by molar-refractivity contribution is 0.0391. The maximum absolute atomic E-state index is 13.3. The van der Waals surface area contributed by atoms with Gasteiger partial charge < -0.3 is 9.47 Å². The Kier molecular flexibility index (Phi) is 7.30. The van der Waals surface area contributed by atoms with Crippen molar-refractivity contribution in [3.8, 4) is 5.75 Å². The third-order valence-corrected chi connectivity index (χ3v) is 6.28. The zero-order valence-electron chi connectivity index (χ0n) is 17.3. The van der Waals surface area contributed by atoms with E-state index in [1.807, 2.05) is 19.1 Å². The number of hydrogen-bond donors (Lipinski definition) is 0. The highest BCUT2D eigenvalue weighted by atomic mass is 35.5. The molecule has 30 heavy (non-hydrogen) atoms. The Labute approximate surface area is 185 Å². The van der Waals surface area contributed by atoms with Crippen molar-refractivity contribution in [3.05, 3.63) is 35.7 Å². The molecule has 2 aromatic heterocycles. The number of anilines is 1. The van der Waals surface area contributed by atoms with Crippen molar-refractivity contribution in [2.75, 3.05) is 51.4 Å². The minimum Gasteiger partial charge on any atom is -0.494 e. The second-order valence-corrected chi connectivity index (χ2v) is 8.02. The summed E-state index contributed by atoms with van der Waals surface area (Å²) in [7, 11) is 3.44. The van der Waals surface area contributed by atoms with Gasteiger partial charge in [0.15, 0.2) is 10.8 Å². The van der Waals surface area contributed by atoms with Crippen LogP contribution in [0.25, 0.3) is 10.2 Å². The SMILES string of the molecule is COc1ccc(C)c2sc(N(CCN3CCOCC3)C(=O)c3ccn(C)n3)nc12.Cl. The summed E-state index contributed by atoms with van der Waals surface area (Å²) >= 11 is 1.51. The van der Waals surface area contributed by atoms with E-state index in [1.54, 1.807) is 36.0 Å². The molecule has 1 saturated heterocycles. The first kappa shape index (κ1) is 22.5. The average molecular weight is 452 g/mol. The predicted octanol–water partition coefficient (Wildman–Crippen LogP) is 2.75. The molecule has 0 radical (unpaired) electrons. The number of fused-ring (bicyclic) bond motifs is 1. The monoisotopic (exact) mass is 451 g/mol. The Morgan fingerprint density at radius 1 is 1.30 bits per heavy atom. The minimum atomic E-state index is -0.144. The van der Waals surface area contributed by atoms with E-state index in [9.17, 15) is 4.79 Å². The lowest BCUT2D eigenvalue weighted by atomic mass is 10.2. The molecule has 10 heteroatoms. The fourth-order valence-electron chi connectivity index (χ4n) is 3.40. The second-order valence-electron chi connectivity index (χ2n) is 7.04. The van der Waals surface area contributed by atoms with Gasteiger partial charge in [-0.25, -0.2) is 4.98 Å². The fraction of sp³-hybridized carbons (Fsp3) is 0.450. The largest absolute Gasteiger partial charge is 0.494 e. The van der Waals surface area contributed by atoms with Gasteiger partial charge in [-0.2, -0.15) is 5.10 Å². The molecule has 8 nitrogen and oxygen atoms in total. The smallest absolute Gasteiger partial charge is 0.280 e.